The van der Waals surface area contributed by atoms with Crippen molar-refractivity contribution in [3.05, 3.63) is 29.8 Å². The highest BCUT2D eigenvalue weighted by Gasteiger charge is 2.41. The fraction of sp³-hybridized carbons (Fsp3) is 0.667. The number of amides is 2. The lowest BCUT2D eigenvalue weighted by molar-refractivity contribution is 0.00573. The predicted octanol–water partition coefficient (Wildman–Crippen LogP) is 2.47. The summed E-state index contributed by atoms with van der Waals surface area (Å²) in [5.41, 5.74) is 2.96. The Bertz CT molecular complexity index is 647. The summed E-state index contributed by atoms with van der Waals surface area (Å²) in [6, 6.07) is 9.54. The van der Waals surface area contributed by atoms with Gasteiger partial charge in [0.05, 0.1) is 0 Å². The van der Waals surface area contributed by atoms with Gasteiger partial charge in [-0.1, -0.05) is 18.2 Å². The summed E-state index contributed by atoms with van der Waals surface area (Å²) < 4.78 is 0. The average molecular weight is 357 g/mol. The van der Waals surface area contributed by atoms with Gasteiger partial charge in [-0.2, -0.15) is 0 Å². The zero-order chi connectivity index (χ0) is 18.1. The third-order valence-corrected chi connectivity index (χ3v) is 6.37. The Morgan fingerprint density at radius 2 is 2.12 bits per heavy atom. The summed E-state index contributed by atoms with van der Waals surface area (Å²) in [5.74, 6) is 1.56. The monoisotopic (exact) mass is 356 g/mol. The maximum absolute atomic E-state index is 11.9. The number of anilines is 1. The summed E-state index contributed by atoms with van der Waals surface area (Å²) in [5, 5.41) is 5.98. The molecule has 5 nitrogen and oxygen atoms in total. The van der Waals surface area contributed by atoms with Crippen LogP contribution in [0.25, 0.3) is 0 Å². The molecule has 0 radical (unpaired) electrons. The van der Waals surface area contributed by atoms with Gasteiger partial charge in [0.1, 0.15) is 0 Å². The van der Waals surface area contributed by atoms with E-state index in [9.17, 15) is 4.79 Å². The molecule has 4 atom stereocenters. The summed E-state index contributed by atoms with van der Waals surface area (Å²) in [6.45, 7) is 9.49. The van der Waals surface area contributed by atoms with E-state index in [1.165, 1.54) is 56.7 Å². The van der Waals surface area contributed by atoms with Crippen LogP contribution in [-0.2, 0) is 6.42 Å². The van der Waals surface area contributed by atoms with Gasteiger partial charge in [0.15, 0.2) is 0 Å². The van der Waals surface area contributed by atoms with Gasteiger partial charge in [0.25, 0.3) is 0 Å². The molecule has 1 aromatic rings. The van der Waals surface area contributed by atoms with Crippen molar-refractivity contribution in [1.29, 1.82) is 0 Å². The van der Waals surface area contributed by atoms with Crippen molar-refractivity contribution in [2.24, 2.45) is 11.8 Å². The lowest BCUT2D eigenvalue weighted by atomic mass is 9.75. The number of carbonyl (C=O) groups is 1. The average Bonchev–Trinajstić information content (AvgIpc) is 3.03. The van der Waals surface area contributed by atoms with Crippen LogP contribution >= 0.6 is 0 Å². The smallest absolute Gasteiger partial charge is 0.315 e. The van der Waals surface area contributed by atoms with E-state index in [0.29, 0.717) is 6.04 Å². The third kappa shape index (κ3) is 3.68. The molecule has 2 amide bonds. The second-order valence-electron chi connectivity index (χ2n) is 8.53. The summed E-state index contributed by atoms with van der Waals surface area (Å²) >= 11 is 0. The fourth-order valence-corrected chi connectivity index (χ4v) is 5.07. The van der Waals surface area contributed by atoms with Crippen molar-refractivity contribution in [3.8, 4) is 0 Å². The molecule has 5 rings (SSSR count). The number of nitrogens with zero attached hydrogens (tertiary/aromatic N) is 2. The quantitative estimate of drug-likeness (QED) is 0.852. The van der Waals surface area contributed by atoms with Crippen molar-refractivity contribution in [2.45, 2.75) is 45.2 Å². The van der Waals surface area contributed by atoms with Crippen molar-refractivity contribution >= 4 is 11.7 Å². The molecule has 4 heterocycles. The number of carbonyl (C=O) groups excluding carboxylic acids is 1. The first kappa shape index (κ1) is 17.7. The van der Waals surface area contributed by atoms with Crippen molar-refractivity contribution < 1.29 is 4.79 Å². The standard InChI is InChI=1S/C21H32N4O/c1-15(2)23-21(26)22-12-19-11-17-8-9-24(19)13-18(17)14-25-10-7-16-5-3-4-6-20(16)25/h3-6,15,17-19H,7-14H2,1-2H3,(H2,22,23,26). The van der Waals surface area contributed by atoms with Gasteiger partial charge < -0.3 is 15.5 Å². The van der Waals surface area contributed by atoms with Gasteiger partial charge >= 0.3 is 6.03 Å². The van der Waals surface area contributed by atoms with Crippen LogP contribution in [0.5, 0.6) is 0 Å². The third-order valence-electron chi connectivity index (χ3n) is 6.37. The lowest BCUT2D eigenvalue weighted by Crippen LogP contribution is -2.59. The van der Waals surface area contributed by atoms with E-state index in [1.807, 2.05) is 13.8 Å². The highest BCUT2D eigenvalue weighted by atomic mass is 16.2. The first-order valence-corrected chi connectivity index (χ1v) is 10.2. The van der Waals surface area contributed by atoms with Crippen LogP contribution in [0.4, 0.5) is 10.5 Å². The first-order valence-electron chi connectivity index (χ1n) is 10.2. The molecule has 0 aliphatic carbocycles. The SMILES string of the molecule is CC(C)NC(=O)NCC1CC2CCN1CC2CN1CCc2ccccc21. The fourth-order valence-electron chi connectivity index (χ4n) is 5.07. The van der Waals surface area contributed by atoms with Gasteiger partial charge in [-0.25, -0.2) is 4.79 Å². The lowest BCUT2D eigenvalue weighted by Gasteiger charge is -2.50. The molecule has 5 heteroatoms. The molecule has 4 aliphatic heterocycles. The Hall–Kier alpha value is -1.75. The van der Waals surface area contributed by atoms with E-state index in [-0.39, 0.29) is 12.1 Å². The van der Waals surface area contributed by atoms with Crippen LogP contribution in [0, 0.1) is 11.8 Å². The number of rotatable bonds is 5. The number of nitrogens with one attached hydrogen (secondary N) is 2. The molecule has 2 N–H and O–H groups in total. The molecule has 1 aromatic carbocycles. The van der Waals surface area contributed by atoms with E-state index in [0.717, 1.165) is 18.4 Å². The molecule has 142 valence electrons. The Kier molecular flexibility index (Phi) is 5.07. The maximum atomic E-state index is 11.9. The van der Waals surface area contributed by atoms with Crippen molar-refractivity contribution in [2.75, 3.05) is 37.6 Å². The number of piperidine rings is 3. The van der Waals surface area contributed by atoms with Crippen molar-refractivity contribution in [1.82, 2.24) is 15.5 Å². The normalized spacial score (nSPS) is 29.7. The largest absolute Gasteiger partial charge is 0.371 e. The van der Waals surface area contributed by atoms with E-state index < -0.39 is 0 Å². The molecule has 2 bridgehead atoms. The molecule has 26 heavy (non-hydrogen) atoms. The number of hydrogen-bond acceptors (Lipinski definition) is 3. The molecule has 3 fully saturated rings. The topological polar surface area (TPSA) is 47.6 Å². The minimum absolute atomic E-state index is 0.0344. The maximum Gasteiger partial charge on any atom is 0.315 e. The highest BCUT2D eigenvalue weighted by Crippen LogP contribution is 2.38. The Morgan fingerprint density at radius 1 is 1.27 bits per heavy atom. The number of benzene rings is 1. The number of hydrogen-bond donors (Lipinski definition) is 2. The van der Waals surface area contributed by atoms with Gasteiger partial charge in [-0.15, -0.1) is 0 Å². The molecule has 4 aliphatic rings. The number of fused-ring (bicyclic) bond motifs is 4. The van der Waals surface area contributed by atoms with E-state index >= 15 is 0 Å². The molecular weight excluding hydrogens is 324 g/mol. The number of para-hydroxylation sites is 1. The molecule has 0 spiro atoms. The van der Waals surface area contributed by atoms with Gasteiger partial charge in [-0.3, -0.25) is 4.90 Å². The highest BCUT2D eigenvalue weighted by molar-refractivity contribution is 5.74. The van der Waals surface area contributed by atoms with Gasteiger partial charge in [0, 0.05) is 44.0 Å². The second-order valence-corrected chi connectivity index (χ2v) is 8.53. The van der Waals surface area contributed by atoms with Crippen LogP contribution in [0.3, 0.4) is 0 Å². The van der Waals surface area contributed by atoms with Crippen LogP contribution in [0.1, 0.15) is 32.3 Å². The summed E-state index contributed by atoms with van der Waals surface area (Å²) in [7, 11) is 0. The van der Waals surface area contributed by atoms with Crippen molar-refractivity contribution in [3.63, 3.8) is 0 Å². The van der Waals surface area contributed by atoms with Gasteiger partial charge in [0.2, 0.25) is 0 Å². The Morgan fingerprint density at radius 3 is 2.88 bits per heavy atom. The molecule has 0 saturated carbocycles. The van der Waals surface area contributed by atoms with Crippen LogP contribution < -0.4 is 15.5 Å². The van der Waals surface area contributed by atoms with Crippen LogP contribution in [0.15, 0.2) is 24.3 Å². The zero-order valence-electron chi connectivity index (χ0n) is 16.1. The Balaban J connectivity index is 1.31. The van der Waals surface area contributed by atoms with E-state index in [2.05, 4.69) is 44.7 Å². The van der Waals surface area contributed by atoms with Gasteiger partial charge in [-0.05, 0) is 63.1 Å². The summed E-state index contributed by atoms with van der Waals surface area (Å²) in [6.07, 6.45) is 3.73. The first-order chi connectivity index (χ1) is 12.6. The second kappa shape index (κ2) is 7.47. The molecule has 3 saturated heterocycles. The Labute approximate surface area is 157 Å². The molecule has 0 aromatic heterocycles. The van der Waals surface area contributed by atoms with Crippen LogP contribution in [-0.4, -0.2) is 55.7 Å². The molecule has 4 unspecified atom stereocenters. The zero-order valence-corrected chi connectivity index (χ0v) is 16.1. The minimum atomic E-state index is -0.0344. The predicted molar refractivity (Wildman–Crippen MR) is 106 cm³/mol. The summed E-state index contributed by atoms with van der Waals surface area (Å²) in [4.78, 5) is 17.1. The van der Waals surface area contributed by atoms with Crippen LogP contribution in [0.2, 0.25) is 0 Å². The number of urea groups is 1. The minimum Gasteiger partial charge on any atom is -0.371 e. The van der Waals surface area contributed by atoms with E-state index in [4.69, 9.17) is 0 Å². The molecular formula is C21H32N4O. The van der Waals surface area contributed by atoms with E-state index in [1.54, 1.807) is 0 Å².